The number of thioether (sulfide) groups is 1. The summed E-state index contributed by atoms with van der Waals surface area (Å²) in [5.41, 5.74) is 4.49. The van der Waals surface area contributed by atoms with Crippen molar-refractivity contribution in [2.75, 3.05) is 5.75 Å². The molecule has 5 nitrogen and oxygen atoms in total. The number of hydrogen-bond acceptors (Lipinski definition) is 4. The van der Waals surface area contributed by atoms with E-state index >= 15 is 0 Å². The van der Waals surface area contributed by atoms with E-state index in [0.717, 1.165) is 11.1 Å². The molecule has 3 aromatic rings. The topological polar surface area (TPSA) is 74.8 Å². The number of rotatable bonds is 7. The number of hydrogen-bond donors (Lipinski definition) is 2. The summed E-state index contributed by atoms with van der Waals surface area (Å²) in [4.78, 5) is 31.8. The van der Waals surface area contributed by atoms with E-state index in [9.17, 15) is 9.59 Å². The molecule has 2 N–H and O–H groups in total. The molecule has 0 fully saturated rings. The Morgan fingerprint density at radius 1 is 1.04 bits per heavy atom. The summed E-state index contributed by atoms with van der Waals surface area (Å²) < 4.78 is 0. The second-order valence-electron chi connectivity index (χ2n) is 6.65. The third-order valence-corrected chi connectivity index (χ3v) is 5.25. The molecule has 1 heterocycles. The molecule has 0 saturated carbocycles. The highest BCUT2D eigenvalue weighted by molar-refractivity contribution is 7.99. The molecule has 0 aliphatic heterocycles. The lowest BCUT2D eigenvalue weighted by molar-refractivity contribution is -0.118. The van der Waals surface area contributed by atoms with Crippen molar-refractivity contribution < 1.29 is 4.79 Å². The fourth-order valence-corrected chi connectivity index (χ4v) is 3.49. The Hall–Kier alpha value is -2.86. The van der Waals surface area contributed by atoms with E-state index in [1.165, 1.54) is 17.3 Å². The van der Waals surface area contributed by atoms with Crippen molar-refractivity contribution in [1.29, 1.82) is 0 Å². The van der Waals surface area contributed by atoms with Crippen LogP contribution in [0.2, 0.25) is 0 Å². The van der Waals surface area contributed by atoms with Crippen molar-refractivity contribution in [3.05, 3.63) is 92.9 Å². The molecule has 144 valence electrons. The Labute approximate surface area is 168 Å². The summed E-state index contributed by atoms with van der Waals surface area (Å²) in [5, 5.41) is 3.35. The lowest BCUT2D eigenvalue weighted by atomic mass is 10.1. The van der Waals surface area contributed by atoms with Crippen LogP contribution in [0.15, 0.2) is 64.5 Å². The van der Waals surface area contributed by atoms with E-state index < -0.39 is 0 Å². The highest BCUT2D eigenvalue weighted by Crippen LogP contribution is 2.14. The number of carbonyl (C=O) groups excluding carboxylic acids is 1. The standard InChI is InChI=1S/C22H23N3O2S/c1-15-8-10-18(11-9-15)13-23-20(26)14-28-22-24-16(2)19(21(27)25-22)12-17-6-4-3-5-7-17/h3-11H,12-14H2,1-2H3,(H,23,26)(H,24,25,27). The molecule has 28 heavy (non-hydrogen) atoms. The van der Waals surface area contributed by atoms with Crippen molar-refractivity contribution in [2.45, 2.75) is 32.0 Å². The Morgan fingerprint density at radius 3 is 2.43 bits per heavy atom. The third kappa shape index (κ3) is 5.57. The molecular formula is C22H23N3O2S. The molecule has 0 spiro atoms. The van der Waals surface area contributed by atoms with Gasteiger partial charge in [0.05, 0.1) is 5.75 Å². The molecule has 0 aliphatic carbocycles. The monoisotopic (exact) mass is 393 g/mol. The first-order valence-corrected chi connectivity index (χ1v) is 10.1. The molecule has 0 radical (unpaired) electrons. The van der Waals surface area contributed by atoms with E-state index in [0.29, 0.717) is 29.4 Å². The van der Waals surface area contributed by atoms with Crippen LogP contribution in [-0.4, -0.2) is 21.6 Å². The molecule has 2 aromatic carbocycles. The smallest absolute Gasteiger partial charge is 0.255 e. The van der Waals surface area contributed by atoms with Gasteiger partial charge in [0.1, 0.15) is 0 Å². The highest BCUT2D eigenvalue weighted by Gasteiger charge is 2.11. The fraction of sp³-hybridized carbons (Fsp3) is 0.227. The molecular weight excluding hydrogens is 370 g/mol. The number of amides is 1. The Morgan fingerprint density at radius 2 is 1.75 bits per heavy atom. The molecule has 6 heteroatoms. The maximum Gasteiger partial charge on any atom is 0.255 e. The van der Waals surface area contributed by atoms with Gasteiger partial charge in [-0.2, -0.15) is 0 Å². The average molecular weight is 394 g/mol. The third-order valence-electron chi connectivity index (χ3n) is 4.37. The molecule has 0 unspecified atom stereocenters. The number of aromatic amines is 1. The zero-order valence-electron chi connectivity index (χ0n) is 16.0. The van der Waals surface area contributed by atoms with Gasteiger partial charge in [0.15, 0.2) is 5.16 Å². The molecule has 0 aliphatic rings. The minimum absolute atomic E-state index is 0.0979. The first-order chi connectivity index (χ1) is 13.5. The Kier molecular flexibility index (Phi) is 6.66. The van der Waals surface area contributed by atoms with E-state index in [2.05, 4.69) is 15.3 Å². The summed E-state index contributed by atoms with van der Waals surface area (Å²) in [7, 11) is 0. The number of nitrogens with zero attached hydrogens (tertiary/aromatic N) is 1. The Balaban J connectivity index is 1.56. The molecule has 1 amide bonds. The molecule has 3 rings (SSSR count). The fourth-order valence-electron chi connectivity index (χ4n) is 2.75. The number of benzene rings is 2. The largest absolute Gasteiger partial charge is 0.351 e. The van der Waals surface area contributed by atoms with Crippen molar-refractivity contribution in [2.24, 2.45) is 0 Å². The highest BCUT2D eigenvalue weighted by atomic mass is 32.2. The normalized spacial score (nSPS) is 10.6. The summed E-state index contributed by atoms with van der Waals surface area (Å²) in [6.07, 6.45) is 0.539. The summed E-state index contributed by atoms with van der Waals surface area (Å²) in [6.45, 7) is 4.34. The number of aromatic nitrogens is 2. The van der Waals surface area contributed by atoms with Crippen LogP contribution in [0.3, 0.4) is 0 Å². The molecule has 0 atom stereocenters. The zero-order chi connectivity index (χ0) is 19.9. The number of H-pyrrole nitrogens is 1. The van der Waals surface area contributed by atoms with Crippen LogP contribution in [0.4, 0.5) is 0 Å². The summed E-state index contributed by atoms with van der Waals surface area (Å²) >= 11 is 1.23. The van der Waals surface area contributed by atoms with Gasteiger partial charge in [-0.3, -0.25) is 9.59 Å². The SMILES string of the molecule is Cc1ccc(CNC(=O)CSc2nc(C)c(Cc3ccccc3)c(=O)[nH]2)cc1. The van der Waals surface area contributed by atoms with Crippen LogP contribution >= 0.6 is 11.8 Å². The zero-order valence-corrected chi connectivity index (χ0v) is 16.8. The van der Waals surface area contributed by atoms with Gasteiger partial charge in [0, 0.05) is 24.2 Å². The second kappa shape index (κ2) is 9.37. The van der Waals surface area contributed by atoms with Gasteiger partial charge in [-0.15, -0.1) is 0 Å². The van der Waals surface area contributed by atoms with Gasteiger partial charge in [-0.1, -0.05) is 71.9 Å². The lowest BCUT2D eigenvalue weighted by Gasteiger charge is -2.08. The van der Waals surface area contributed by atoms with Crippen LogP contribution < -0.4 is 10.9 Å². The summed E-state index contributed by atoms with van der Waals surface area (Å²) in [6, 6.07) is 17.8. The van der Waals surface area contributed by atoms with Crippen molar-refractivity contribution in [3.63, 3.8) is 0 Å². The van der Waals surface area contributed by atoms with E-state index in [-0.39, 0.29) is 17.2 Å². The van der Waals surface area contributed by atoms with Crippen LogP contribution in [0.1, 0.15) is 27.9 Å². The second-order valence-corrected chi connectivity index (χ2v) is 7.61. The first kappa shape index (κ1) is 19.9. The average Bonchev–Trinajstić information content (AvgIpc) is 2.69. The quantitative estimate of drug-likeness (QED) is 0.477. The van der Waals surface area contributed by atoms with Crippen LogP contribution in [0.5, 0.6) is 0 Å². The van der Waals surface area contributed by atoms with Gasteiger partial charge in [-0.25, -0.2) is 4.98 Å². The maximum absolute atomic E-state index is 12.4. The van der Waals surface area contributed by atoms with Gasteiger partial charge in [0.2, 0.25) is 5.91 Å². The maximum atomic E-state index is 12.4. The van der Waals surface area contributed by atoms with Crippen LogP contribution in [0, 0.1) is 13.8 Å². The van der Waals surface area contributed by atoms with Gasteiger partial charge < -0.3 is 10.3 Å². The molecule has 1 aromatic heterocycles. The van der Waals surface area contributed by atoms with Gasteiger partial charge >= 0.3 is 0 Å². The van der Waals surface area contributed by atoms with Crippen molar-refractivity contribution in [1.82, 2.24) is 15.3 Å². The summed E-state index contributed by atoms with van der Waals surface area (Å²) in [5.74, 6) is 0.103. The van der Waals surface area contributed by atoms with E-state index in [1.807, 2.05) is 68.4 Å². The minimum Gasteiger partial charge on any atom is -0.351 e. The first-order valence-electron chi connectivity index (χ1n) is 9.10. The van der Waals surface area contributed by atoms with Gasteiger partial charge in [-0.05, 0) is 25.0 Å². The number of aryl methyl sites for hydroxylation is 2. The van der Waals surface area contributed by atoms with Crippen LogP contribution in [-0.2, 0) is 17.8 Å². The molecule has 0 bridgehead atoms. The molecule has 0 saturated heterocycles. The number of carbonyl (C=O) groups is 1. The van der Waals surface area contributed by atoms with E-state index in [1.54, 1.807) is 0 Å². The Bertz CT molecular complexity index is 999. The van der Waals surface area contributed by atoms with E-state index in [4.69, 9.17) is 0 Å². The van der Waals surface area contributed by atoms with Crippen molar-refractivity contribution >= 4 is 17.7 Å². The number of nitrogens with one attached hydrogen (secondary N) is 2. The van der Waals surface area contributed by atoms with Crippen LogP contribution in [0.25, 0.3) is 0 Å². The minimum atomic E-state index is -0.154. The van der Waals surface area contributed by atoms with Crippen molar-refractivity contribution in [3.8, 4) is 0 Å². The predicted molar refractivity (Wildman–Crippen MR) is 113 cm³/mol. The lowest BCUT2D eigenvalue weighted by Crippen LogP contribution is -2.25. The van der Waals surface area contributed by atoms with Gasteiger partial charge in [0.25, 0.3) is 5.56 Å². The predicted octanol–water partition coefficient (Wildman–Crippen LogP) is 3.39.